The third kappa shape index (κ3) is 3.30. The molecule has 86 valence electrons. The van der Waals surface area contributed by atoms with Gasteiger partial charge in [0.05, 0.1) is 0 Å². The van der Waals surface area contributed by atoms with Gasteiger partial charge in [-0.1, -0.05) is 36.4 Å². The molecular formula is C14H9ClS2Zn. The zero-order chi connectivity index (χ0) is 10.8. The Hall–Kier alpha value is -0.467. The summed E-state index contributed by atoms with van der Waals surface area (Å²) in [4.78, 5) is 3.95. The first kappa shape index (κ1) is 15.6. The maximum absolute atomic E-state index is 3.13. The van der Waals surface area contributed by atoms with Crippen LogP contribution in [0.3, 0.4) is 0 Å². The number of halogens is 1. The molecule has 2 heterocycles. The van der Waals surface area contributed by atoms with Crippen LogP contribution in [0, 0.1) is 5.38 Å². The molecule has 0 aliphatic carbocycles. The summed E-state index contributed by atoms with van der Waals surface area (Å²) in [5, 5.41) is 3.13. The van der Waals surface area contributed by atoms with Crippen LogP contribution in [0.4, 0.5) is 0 Å². The van der Waals surface area contributed by atoms with Gasteiger partial charge in [-0.15, -0.1) is 21.6 Å². The number of benzene rings is 1. The van der Waals surface area contributed by atoms with Crippen molar-refractivity contribution in [3.63, 3.8) is 0 Å². The molecule has 2 aromatic heterocycles. The fourth-order valence-electron chi connectivity index (χ4n) is 1.60. The van der Waals surface area contributed by atoms with Crippen molar-refractivity contribution in [3.05, 3.63) is 60.0 Å². The van der Waals surface area contributed by atoms with Gasteiger partial charge in [0, 0.05) is 4.88 Å². The maximum atomic E-state index is 3.13. The summed E-state index contributed by atoms with van der Waals surface area (Å²) in [6, 6.07) is 19.0. The first-order valence-corrected chi connectivity index (χ1v) is 6.68. The zero-order valence-electron chi connectivity index (χ0n) is 9.60. The van der Waals surface area contributed by atoms with Crippen LogP contribution in [0.25, 0.3) is 20.2 Å². The van der Waals surface area contributed by atoms with Gasteiger partial charge in [-0.2, -0.15) is 12.1 Å². The van der Waals surface area contributed by atoms with Crippen LogP contribution in [-0.2, 0) is 19.5 Å². The minimum atomic E-state index is 0. The second kappa shape index (κ2) is 7.20. The van der Waals surface area contributed by atoms with E-state index in [1.54, 1.807) is 11.3 Å². The third-order valence-electron chi connectivity index (χ3n) is 2.38. The Balaban J connectivity index is 0.000000810. The molecule has 0 aliphatic rings. The summed E-state index contributed by atoms with van der Waals surface area (Å²) in [6.45, 7) is 0. The fraction of sp³-hybridized carbons (Fsp3) is 0. The molecule has 0 saturated carbocycles. The van der Waals surface area contributed by atoms with E-state index in [1.807, 2.05) is 23.5 Å². The second-order valence-electron chi connectivity index (χ2n) is 3.45. The van der Waals surface area contributed by atoms with E-state index in [2.05, 4.69) is 47.8 Å². The maximum Gasteiger partial charge on any atom is 2.00 e. The Labute approximate surface area is 134 Å². The van der Waals surface area contributed by atoms with Gasteiger partial charge in [0.1, 0.15) is 0 Å². The standard InChI is InChI=1S/C14H9S2.ClH.Zn/c1-2-5-11(6-3-1)12-8-9-14(16-12)13-7-4-10-15-13;;/h1-9H;1H;/q-1;;+2/p-1. The summed E-state index contributed by atoms with van der Waals surface area (Å²) in [5.74, 6) is 0. The number of rotatable bonds is 2. The summed E-state index contributed by atoms with van der Waals surface area (Å²) in [6.07, 6.45) is 0. The summed E-state index contributed by atoms with van der Waals surface area (Å²) >= 11 is 3.50. The van der Waals surface area contributed by atoms with Gasteiger partial charge in [-0.3, -0.25) is 11.3 Å². The largest absolute Gasteiger partial charge is 2.00 e. The molecule has 0 unspecified atom stereocenters. The second-order valence-corrected chi connectivity index (χ2v) is 5.41. The Morgan fingerprint density at radius 1 is 0.778 bits per heavy atom. The molecule has 0 N–H and O–H groups in total. The van der Waals surface area contributed by atoms with E-state index in [4.69, 9.17) is 0 Å². The van der Waals surface area contributed by atoms with Gasteiger partial charge in [0.2, 0.25) is 0 Å². The summed E-state index contributed by atoms with van der Waals surface area (Å²) in [7, 11) is 0. The van der Waals surface area contributed by atoms with Crippen LogP contribution < -0.4 is 12.4 Å². The first-order chi connectivity index (χ1) is 7.93. The molecule has 0 amide bonds. The van der Waals surface area contributed by atoms with Crippen molar-refractivity contribution in [2.45, 2.75) is 0 Å². The predicted octanol–water partition coefficient (Wildman–Crippen LogP) is 1.95. The minimum absolute atomic E-state index is 0. The van der Waals surface area contributed by atoms with E-state index in [-0.39, 0.29) is 31.9 Å². The van der Waals surface area contributed by atoms with Crippen molar-refractivity contribution in [2.24, 2.45) is 0 Å². The van der Waals surface area contributed by atoms with Crippen LogP contribution >= 0.6 is 22.7 Å². The molecule has 3 aromatic rings. The molecule has 0 atom stereocenters. The number of hydrogen-bond acceptors (Lipinski definition) is 2. The minimum Gasteiger partial charge on any atom is -1.00 e. The molecule has 4 heteroatoms. The SMILES string of the molecule is [Cl-].[Zn+2].[c-]1ccc(-c2ccc(-c3ccccc3)s2)s1. The molecule has 18 heavy (non-hydrogen) atoms. The molecule has 0 nitrogen and oxygen atoms in total. The first-order valence-electron chi connectivity index (χ1n) is 5.05. The molecule has 3 rings (SSSR count). The Kier molecular flexibility index (Phi) is 6.24. The molecule has 0 spiro atoms. The average molecular weight is 342 g/mol. The third-order valence-corrected chi connectivity index (χ3v) is 4.51. The van der Waals surface area contributed by atoms with Crippen molar-refractivity contribution in [2.75, 3.05) is 0 Å². The van der Waals surface area contributed by atoms with Crippen molar-refractivity contribution in [3.8, 4) is 20.2 Å². The van der Waals surface area contributed by atoms with E-state index in [1.165, 1.54) is 20.2 Å². The Bertz CT molecular complexity index is 573. The van der Waals surface area contributed by atoms with Gasteiger partial charge < -0.3 is 12.4 Å². The molecular weight excluding hydrogens is 333 g/mol. The van der Waals surface area contributed by atoms with Gasteiger partial charge in [-0.05, 0) is 16.5 Å². The number of thiophene rings is 2. The smallest absolute Gasteiger partial charge is 1.00 e. The zero-order valence-corrected chi connectivity index (χ0v) is 15.0. The van der Waals surface area contributed by atoms with Gasteiger partial charge >= 0.3 is 19.5 Å². The van der Waals surface area contributed by atoms with E-state index >= 15 is 0 Å². The van der Waals surface area contributed by atoms with Crippen LogP contribution in [0.15, 0.2) is 54.6 Å². The number of hydrogen-bond donors (Lipinski definition) is 0. The molecule has 0 radical (unpaired) electrons. The summed E-state index contributed by atoms with van der Waals surface area (Å²) < 4.78 is 0. The van der Waals surface area contributed by atoms with Crippen LogP contribution in [-0.4, -0.2) is 0 Å². The summed E-state index contributed by atoms with van der Waals surface area (Å²) in [5.41, 5.74) is 1.29. The normalized spacial score (nSPS) is 9.33. The average Bonchev–Trinajstić information content (AvgIpc) is 3.01. The van der Waals surface area contributed by atoms with E-state index in [0.29, 0.717) is 0 Å². The molecule has 0 bridgehead atoms. The van der Waals surface area contributed by atoms with E-state index < -0.39 is 0 Å². The predicted molar refractivity (Wildman–Crippen MR) is 71.9 cm³/mol. The van der Waals surface area contributed by atoms with Crippen molar-refractivity contribution >= 4 is 22.7 Å². The monoisotopic (exact) mass is 340 g/mol. The molecule has 1 aromatic carbocycles. The quantitative estimate of drug-likeness (QED) is 0.493. The fourth-order valence-corrected chi connectivity index (χ4v) is 3.35. The molecule has 0 fully saturated rings. The molecule has 0 saturated heterocycles. The Morgan fingerprint density at radius 2 is 1.50 bits per heavy atom. The van der Waals surface area contributed by atoms with Gasteiger partial charge in [0.15, 0.2) is 0 Å². The van der Waals surface area contributed by atoms with Crippen molar-refractivity contribution < 1.29 is 31.9 Å². The van der Waals surface area contributed by atoms with E-state index in [9.17, 15) is 0 Å². The Morgan fingerprint density at radius 3 is 2.17 bits per heavy atom. The topological polar surface area (TPSA) is 0 Å². The van der Waals surface area contributed by atoms with Crippen LogP contribution in [0.2, 0.25) is 0 Å². The van der Waals surface area contributed by atoms with Crippen LogP contribution in [0.5, 0.6) is 0 Å². The van der Waals surface area contributed by atoms with Crippen molar-refractivity contribution in [1.29, 1.82) is 0 Å². The van der Waals surface area contributed by atoms with Gasteiger partial charge in [-0.25, -0.2) is 0 Å². The molecule has 0 aliphatic heterocycles. The van der Waals surface area contributed by atoms with E-state index in [0.717, 1.165) is 0 Å². The van der Waals surface area contributed by atoms with Crippen LogP contribution in [0.1, 0.15) is 0 Å². The van der Waals surface area contributed by atoms with Gasteiger partial charge in [0.25, 0.3) is 0 Å². The van der Waals surface area contributed by atoms with Crippen molar-refractivity contribution in [1.82, 2.24) is 0 Å².